The van der Waals surface area contributed by atoms with Gasteiger partial charge in [0.2, 0.25) is 5.95 Å². The molecule has 0 aliphatic rings. The summed E-state index contributed by atoms with van der Waals surface area (Å²) in [6.07, 6.45) is -4.53. The highest BCUT2D eigenvalue weighted by Crippen LogP contribution is 2.32. The van der Waals surface area contributed by atoms with Gasteiger partial charge in [0.05, 0.1) is 0 Å². The molecule has 0 saturated heterocycles. The molecule has 3 N–H and O–H groups in total. The molecule has 1 heterocycles. The molecule has 1 aromatic heterocycles. The van der Waals surface area contributed by atoms with Crippen molar-refractivity contribution in [2.45, 2.75) is 19.5 Å². The molecule has 0 aliphatic carbocycles. The van der Waals surface area contributed by atoms with Gasteiger partial charge in [-0.25, -0.2) is 14.2 Å². The van der Waals surface area contributed by atoms with Crippen LogP contribution in [-0.4, -0.2) is 48.1 Å². The minimum Gasteiger partial charge on any atom is -0.367 e. The topological polar surface area (TPSA) is 82.2 Å². The van der Waals surface area contributed by atoms with Gasteiger partial charge >= 0.3 is 12.2 Å². The lowest BCUT2D eigenvalue weighted by atomic mass is 10.2. The van der Waals surface area contributed by atoms with Crippen molar-refractivity contribution in [1.29, 1.82) is 0 Å². The molecule has 0 unspecified atom stereocenters. The Morgan fingerprint density at radius 2 is 1.90 bits per heavy atom. The number of anilines is 3. The molecule has 7 nitrogen and oxygen atoms in total. The largest absolute Gasteiger partial charge is 0.436 e. The number of carbonyl (C=O) groups is 1. The number of carbonyl (C=O) groups excluding carboxylic acids is 1. The Hall–Kier alpha value is -2.66. The highest BCUT2D eigenvalue weighted by molar-refractivity contribution is 6.31. The highest BCUT2D eigenvalue weighted by atomic mass is 35.5. The molecule has 164 valence electrons. The lowest BCUT2D eigenvalue weighted by molar-refractivity contribution is -0.143. The number of amides is 2. The molecule has 2 amide bonds. The number of nitrogens with one attached hydrogen (secondary N) is 3. The molecule has 12 heteroatoms. The molecule has 0 saturated carbocycles. The fourth-order valence-electron chi connectivity index (χ4n) is 2.34. The summed E-state index contributed by atoms with van der Waals surface area (Å²) in [4.78, 5) is 20.8. The van der Waals surface area contributed by atoms with Gasteiger partial charge in [-0.05, 0) is 51.7 Å². The normalized spacial score (nSPS) is 11.5. The maximum atomic E-state index is 14.2. The quantitative estimate of drug-likeness (QED) is 0.426. The Kier molecular flexibility index (Phi) is 7.79. The van der Waals surface area contributed by atoms with Crippen molar-refractivity contribution in [2.24, 2.45) is 0 Å². The molecule has 0 atom stereocenters. The van der Waals surface area contributed by atoms with E-state index in [0.717, 1.165) is 5.56 Å². The minimum atomic E-state index is -5.07. The van der Waals surface area contributed by atoms with Crippen molar-refractivity contribution in [3.8, 4) is 0 Å². The predicted molar refractivity (Wildman–Crippen MR) is 107 cm³/mol. The minimum absolute atomic E-state index is 0.177. The summed E-state index contributed by atoms with van der Waals surface area (Å²) >= 11 is 5.97. The number of urea groups is 1. The Morgan fingerprint density at radius 3 is 2.50 bits per heavy atom. The third-order valence-corrected chi connectivity index (χ3v) is 4.26. The van der Waals surface area contributed by atoms with E-state index in [1.54, 1.807) is 19.1 Å². The van der Waals surface area contributed by atoms with Crippen molar-refractivity contribution >= 4 is 35.1 Å². The standard InChI is InChI=1S/C18H21ClF4N6O/c1-10-5-6-11(9-12(10)19)25-17(30)28-16-26-14(18(21,22)23)13(20)15(27-16)24-7-4-8-29(2)3/h5-6,9H,4,7-8H2,1-3H3,(H3,24,25,26,27,28,30). The van der Waals surface area contributed by atoms with Crippen molar-refractivity contribution in [1.82, 2.24) is 14.9 Å². The van der Waals surface area contributed by atoms with E-state index in [0.29, 0.717) is 23.7 Å². The number of benzene rings is 1. The van der Waals surface area contributed by atoms with Crippen LogP contribution in [0.15, 0.2) is 18.2 Å². The summed E-state index contributed by atoms with van der Waals surface area (Å²) in [5.41, 5.74) is -0.686. The Bertz CT molecular complexity index is 907. The van der Waals surface area contributed by atoms with E-state index in [4.69, 9.17) is 11.6 Å². The number of rotatable bonds is 7. The number of halogens is 5. The highest BCUT2D eigenvalue weighted by Gasteiger charge is 2.38. The zero-order chi connectivity index (χ0) is 22.5. The number of alkyl halides is 3. The zero-order valence-electron chi connectivity index (χ0n) is 16.5. The van der Waals surface area contributed by atoms with Crippen molar-refractivity contribution in [3.63, 3.8) is 0 Å². The molecule has 2 aromatic rings. The molecule has 0 bridgehead atoms. The summed E-state index contributed by atoms with van der Waals surface area (Å²) in [5, 5.41) is 7.40. The Labute approximate surface area is 175 Å². The fraction of sp³-hybridized carbons (Fsp3) is 0.389. The fourth-order valence-corrected chi connectivity index (χ4v) is 2.53. The van der Waals surface area contributed by atoms with Crippen LogP contribution in [0.5, 0.6) is 0 Å². The maximum absolute atomic E-state index is 14.2. The molecule has 0 fully saturated rings. The van der Waals surface area contributed by atoms with E-state index in [1.165, 1.54) is 6.07 Å². The van der Waals surface area contributed by atoms with E-state index >= 15 is 0 Å². The monoisotopic (exact) mass is 448 g/mol. The predicted octanol–water partition coefficient (Wildman–Crippen LogP) is 4.60. The van der Waals surface area contributed by atoms with E-state index in [9.17, 15) is 22.4 Å². The van der Waals surface area contributed by atoms with Gasteiger partial charge in [-0.15, -0.1) is 0 Å². The van der Waals surface area contributed by atoms with Crippen LogP contribution in [0.1, 0.15) is 17.7 Å². The van der Waals surface area contributed by atoms with Crippen LogP contribution >= 0.6 is 11.6 Å². The lowest BCUT2D eigenvalue weighted by Gasteiger charge is -2.15. The maximum Gasteiger partial charge on any atom is 0.436 e. The van der Waals surface area contributed by atoms with Crippen LogP contribution < -0.4 is 16.0 Å². The molecule has 0 radical (unpaired) electrons. The number of aryl methyl sites for hydroxylation is 1. The van der Waals surface area contributed by atoms with Crippen LogP contribution in [0.25, 0.3) is 0 Å². The first-order valence-electron chi connectivity index (χ1n) is 8.85. The number of aromatic nitrogens is 2. The molecule has 0 aliphatic heterocycles. The van der Waals surface area contributed by atoms with Gasteiger partial charge in [0.1, 0.15) is 0 Å². The van der Waals surface area contributed by atoms with Gasteiger partial charge in [-0.3, -0.25) is 5.32 Å². The van der Waals surface area contributed by atoms with Crippen LogP contribution in [0.3, 0.4) is 0 Å². The smallest absolute Gasteiger partial charge is 0.367 e. The van der Waals surface area contributed by atoms with Crippen molar-refractivity contribution < 1.29 is 22.4 Å². The first-order chi connectivity index (χ1) is 14.0. The Morgan fingerprint density at radius 1 is 1.20 bits per heavy atom. The van der Waals surface area contributed by atoms with Crippen LogP contribution in [-0.2, 0) is 6.18 Å². The summed E-state index contributed by atoms with van der Waals surface area (Å²) in [6.45, 7) is 2.58. The van der Waals surface area contributed by atoms with Crippen molar-refractivity contribution in [3.05, 3.63) is 40.3 Å². The zero-order valence-corrected chi connectivity index (χ0v) is 17.2. The molecule has 2 rings (SSSR count). The molecular weight excluding hydrogens is 428 g/mol. The molecule has 30 heavy (non-hydrogen) atoms. The SMILES string of the molecule is Cc1ccc(NC(=O)Nc2nc(NCCCN(C)C)c(F)c(C(F)(F)F)n2)cc1Cl. The molecular formula is C18H21ClF4N6O. The van der Waals surface area contributed by atoms with Crippen LogP contribution in [0.4, 0.5) is 39.8 Å². The van der Waals surface area contributed by atoms with Gasteiger partial charge in [-0.1, -0.05) is 17.7 Å². The number of nitrogens with zero attached hydrogens (tertiary/aromatic N) is 3. The first kappa shape index (κ1) is 23.6. The van der Waals surface area contributed by atoms with Gasteiger partial charge in [0.15, 0.2) is 17.3 Å². The third-order valence-electron chi connectivity index (χ3n) is 3.85. The lowest BCUT2D eigenvalue weighted by Crippen LogP contribution is -2.24. The van der Waals surface area contributed by atoms with E-state index in [-0.39, 0.29) is 6.54 Å². The second kappa shape index (κ2) is 9.90. The third kappa shape index (κ3) is 6.70. The molecule has 1 aromatic carbocycles. The number of hydrogen-bond donors (Lipinski definition) is 3. The van der Waals surface area contributed by atoms with E-state index in [1.807, 2.05) is 19.0 Å². The summed E-state index contributed by atoms with van der Waals surface area (Å²) in [5.74, 6) is -2.98. The van der Waals surface area contributed by atoms with Crippen LogP contribution in [0.2, 0.25) is 5.02 Å². The van der Waals surface area contributed by atoms with Gasteiger partial charge in [-0.2, -0.15) is 18.2 Å². The number of hydrogen-bond acceptors (Lipinski definition) is 5. The molecule has 0 spiro atoms. The average molecular weight is 449 g/mol. The second-order valence-electron chi connectivity index (χ2n) is 6.68. The van der Waals surface area contributed by atoms with Gasteiger partial charge in [0, 0.05) is 17.3 Å². The van der Waals surface area contributed by atoms with Crippen molar-refractivity contribution in [2.75, 3.05) is 43.1 Å². The van der Waals surface area contributed by atoms with Crippen LogP contribution in [0, 0.1) is 12.7 Å². The average Bonchev–Trinajstić information content (AvgIpc) is 2.62. The summed E-state index contributed by atoms with van der Waals surface area (Å²) < 4.78 is 53.7. The van der Waals surface area contributed by atoms with Gasteiger partial charge < -0.3 is 15.5 Å². The van der Waals surface area contributed by atoms with E-state index in [2.05, 4.69) is 25.9 Å². The Balaban J connectivity index is 2.19. The summed E-state index contributed by atoms with van der Waals surface area (Å²) in [7, 11) is 3.66. The van der Waals surface area contributed by atoms with Gasteiger partial charge in [0.25, 0.3) is 0 Å². The first-order valence-corrected chi connectivity index (χ1v) is 9.22. The second-order valence-corrected chi connectivity index (χ2v) is 7.09. The van der Waals surface area contributed by atoms with E-state index < -0.39 is 35.5 Å². The summed E-state index contributed by atoms with van der Waals surface area (Å²) in [6, 6.07) is 3.78.